The van der Waals surface area contributed by atoms with Gasteiger partial charge in [-0.1, -0.05) is 6.08 Å². The van der Waals surface area contributed by atoms with E-state index < -0.39 is 0 Å². The molecule has 2 nitrogen and oxygen atoms in total. The Hall–Kier alpha value is -1.35. The van der Waals surface area contributed by atoms with Crippen LogP contribution in [-0.4, -0.2) is 4.57 Å². The summed E-state index contributed by atoms with van der Waals surface area (Å²) in [6.07, 6.45) is 3.63. The van der Waals surface area contributed by atoms with Gasteiger partial charge in [-0.15, -0.1) is 17.9 Å². The first-order valence-electron chi connectivity index (χ1n) is 4.00. The molecule has 0 saturated heterocycles. The third-order valence-electron chi connectivity index (χ3n) is 1.91. The van der Waals surface area contributed by atoms with Crippen molar-refractivity contribution in [1.29, 1.82) is 0 Å². The van der Waals surface area contributed by atoms with E-state index in [2.05, 4.69) is 6.58 Å². The Kier molecular flexibility index (Phi) is 2.02. The fourth-order valence-electron chi connectivity index (χ4n) is 1.32. The monoisotopic (exact) mass is 191 g/mol. The molecule has 0 bridgehead atoms. The lowest BCUT2D eigenvalue weighted by molar-refractivity contribution is 0.854. The minimum Gasteiger partial charge on any atom is -0.343 e. The number of thiophene rings is 1. The molecule has 0 N–H and O–H groups in total. The highest BCUT2D eigenvalue weighted by Crippen LogP contribution is 2.16. The van der Waals surface area contributed by atoms with Crippen molar-refractivity contribution in [2.45, 2.75) is 6.54 Å². The highest BCUT2D eigenvalue weighted by molar-refractivity contribution is 7.17. The minimum atomic E-state index is 0.102. The number of aromatic nitrogens is 1. The molecule has 0 atom stereocenters. The minimum absolute atomic E-state index is 0.102. The molecule has 0 saturated carbocycles. The second kappa shape index (κ2) is 3.18. The summed E-state index contributed by atoms with van der Waals surface area (Å²) in [5.74, 6) is 0. The van der Waals surface area contributed by atoms with Crippen molar-refractivity contribution in [2.24, 2.45) is 0 Å². The average Bonchev–Trinajstić information content (AvgIpc) is 2.59. The Morgan fingerprint density at radius 3 is 3.15 bits per heavy atom. The number of pyridine rings is 1. The molecule has 2 heterocycles. The zero-order valence-corrected chi connectivity index (χ0v) is 7.88. The van der Waals surface area contributed by atoms with Gasteiger partial charge in [-0.2, -0.15) is 0 Å². The van der Waals surface area contributed by atoms with E-state index in [4.69, 9.17) is 0 Å². The first kappa shape index (κ1) is 8.26. The molecule has 13 heavy (non-hydrogen) atoms. The molecule has 2 aromatic heterocycles. The van der Waals surface area contributed by atoms with Crippen LogP contribution in [0, 0.1) is 0 Å². The molecular formula is C10H9NOS. The van der Waals surface area contributed by atoms with Crippen LogP contribution < -0.4 is 5.43 Å². The Balaban J connectivity index is 2.77. The normalized spacial score (nSPS) is 10.5. The van der Waals surface area contributed by atoms with Crippen LogP contribution in [0.4, 0.5) is 0 Å². The molecule has 0 aromatic carbocycles. The number of rotatable bonds is 2. The van der Waals surface area contributed by atoms with Gasteiger partial charge in [0, 0.05) is 18.8 Å². The van der Waals surface area contributed by atoms with Crippen molar-refractivity contribution in [3.05, 3.63) is 46.6 Å². The Morgan fingerprint density at radius 2 is 2.38 bits per heavy atom. The third kappa shape index (κ3) is 1.31. The van der Waals surface area contributed by atoms with Crippen molar-refractivity contribution < 1.29 is 0 Å². The number of fused-ring (bicyclic) bond motifs is 1. The molecule has 3 heteroatoms. The Morgan fingerprint density at radius 1 is 1.54 bits per heavy atom. The average molecular weight is 191 g/mol. The lowest BCUT2D eigenvalue weighted by Gasteiger charge is -2.03. The zero-order chi connectivity index (χ0) is 9.26. The smallest absolute Gasteiger partial charge is 0.199 e. The SMILES string of the molecule is C=CCn1ccc(=O)c2sccc21. The summed E-state index contributed by atoms with van der Waals surface area (Å²) in [6, 6.07) is 3.56. The highest BCUT2D eigenvalue weighted by Gasteiger charge is 2.01. The van der Waals surface area contributed by atoms with Gasteiger partial charge < -0.3 is 4.57 Å². The van der Waals surface area contributed by atoms with Crippen molar-refractivity contribution in [3.63, 3.8) is 0 Å². The largest absolute Gasteiger partial charge is 0.343 e. The lowest BCUT2D eigenvalue weighted by Crippen LogP contribution is -2.04. The van der Waals surface area contributed by atoms with Gasteiger partial charge in [0.1, 0.15) is 0 Å². The summed E-state index contributed by atoms with van der Waals surface area (Å²) in [5, 5.41) is 1.94. The highest BCUT2D eigenvalue weighted by atomic mass is 32.1. The second-order valence-corrected chi connectivity index (χ2v) is 3.67. The van der Waals surface area contributed by atoms with E-state index in [0.29, 0.717) is 0 Å². The quantitative estimate of drug-likeness (QED) is 0.667. The molecule has 66 valence electrons. The molecule has 0 spiro atoms. The van der Waals surface area contributed by atoms with E-state index in [1.54, 1.807) is 12.3 Å². The topological polar surface area (TPSA) is 22.0 Å². The predicted molar refractivity (Wildman–Crippen MR) is 56.3 cm³/mol. The van der Waals surface area contributed by atoms with Crippen LogP contribution in [0.15, 0.2) is 41.2 Å². The molecule has 0 unspecified atom stereocenters. The van der Waals surface area contributed by atoms with Gasteiger partial charge in [0.05, 0.1) is 10.2 Å². The fourth-order valence-corrected chi connectivity index (χ4v) is 2.15. The standard InChI is InChI=1S/C10H9NOS/c1-2-5-11-6-3-9(12)10-8(11)4-7-13-10/h2-4,6-7H,1,5H2. The van der Waals surface area contributed by atoms with Crippen molar-refractivity contribution in [2.75, 3.05) is 0 Å². The van der Waals surface area contributed by atoms with Gasteiger partial charge in [0.15, 0.2) is 5.43 Å². The van der Waals surface area contributed by atoms with Crippen LogP contribution in [-0.2, 0) is 6.54 Å². The zero-order valence-electron chi connectivity index (χ0n) is 7.06. The van der Waals surface area contributed by atoms with Crippen LogP contribution in [0.5, 0.6) is 0 Å². The second-order valence-electron chi connectivity index (χ2n) is 2.76. The maximum atomic E-state index is 11.4. The van der Waals surface area contributed by atoms with Crippen molar-refractivity contribution in [1.82, 2.24) is 4.57 Å². The number of nitrogens with zero attached hydrogens (tertiary/aromatic N) is 1. The summed E-state index contributed by atoms with van der Waals surface area (Å²) in [5.41, 5.74) is 1.10. The molecule has 2 aromatic rings. The van der Waals surface area contributed by atoms with Gasteiger partial charge in [-0.3, -0.25) is 4.79 Å². The maximum Gasteiger partial charge on any atom is 0.199 e. The van der Waals surface area contributed by atoms with Crippen LogP contribution in [0.3, 0.4) is 0 Å². The van der Waals surface area contributed by atoms with E-state index in [-0.39, 0.29) is 5.43 Å². The number of hydrogen-bond donors (Lipinski definition) is 0. The van der Waals surface area contributed by atoms with Gasteiger partial charge in [-0.25, -0.2) is 0 Å². The summed E-state index contributed by atoms with van der Waals surface area (Å²) >= 11 is 1.49. The molecule has 0 fully saturated rings. The first-order chi connectivity index (χ1) is 6.33. The van der Waals surface area contributed by atoms with Crippen molar-refractivity contribution >= 4 is 21.6 Å². The maximum absolute atomic E-state index is 11.4. The van der Waals surface area contributed by atoms with Crippen molar-refractivity contribution in [3.8, 4) is 0 Å². The number of allylic oxidation sites excluding steroid dienone is 1. The Labute approximate surface area is 79.7 Å². The summed E-state index contributed by atoms with van der Waals surface area (Å²) < 4.78 is 2.84. The van der Waals surface area contributed by atoms with Crippen LogP contribution in [0.25, 0.3) is 10.2 Å². The molecular weight excluding hydrogens is 182 g/mol. The summed E-state index contributed by atoms with van der Waals surface area (Å²) in [7, 11) is 0. The Bertz CT molecular complexity index is 495. The van der Waals surface area contributed by atoms with E-state index in [1.807, 2.05) is 22.1 Å². The molecule has 2 rings (SSSR count). The molecule has 0 aliphatic carbocycles. The van der Waals surface area contributed by atoms with Gasteiger partial charge in [0.2, 0.25) is 0 Å². The van der Waals surface area contributed by atoms with E-state index in [0.717, 1.165) is 16.8 Å². The summed E-state index contributed by atoms with van der Waals surface area (Å²) in [4.78, 5) is 11.4. The van der Waals surface area contributed by atoms with E-state index >= 15 is 0 Å². The fraction of sp³-hybridized carbons (Fsp3) is 0.100. The molecule has 0 aliphatic rings. The number of hydrogen-bond acceptors (Lipinski definition) is 2. The van der Waals surface area contributed by atoms with Crippen LogP contribution >= 0.6 is 11.3 Å². The lowest BCUT2D eigenvalue weighted by atomic mass is 10.3. The van der Waals surface area contributed by atoms with Gasteiger partial charge >= 0.3 is 0 Å². The molecule has 0 amide bonds. The molecule has 0 aliphatic heterocycles. The van der Waals surface area contributed by atoms with Gasteiger partial charge in [0.25, 0.3) is 0 Å². The van der Waals surface area contributed by atoms with Crippen LogP contribution in [0.2, 0.25) is 0 Å². The van der Waals surface area contributed by atoms with Crippen LogP contribution in [0.1, 0.15) is 0 Å². The summed E-state index contributed by atoms with van der Waals surface area (Å²) in [6.45, 7) is 4.42. The predicted octanol–water partition coefficient (Wildman–Crippen LogP) is 2.25. The van der Waals surface area contributed by atoms with E-state index in [9.17, 15) is 4.79 Å². The molecule has 0 radical (unpaired) electrons. The van der Waals surface area contributed by atoms with Gasteiger partial charge in [-0.05, 0) is 11.4 Å². The third-order valence-corrected chi connectivity index (χ3v) is 2.83. The van der Waals surface area contributed by atoms with E-state index in [1.165, 1.54) is 11.3 Å². The first-order valence-corrected chi connectivity index (χ1v) is 4.88.